The van der Waals surface area contributed by atoms with Gasteiger partial charge in [0, 0.05) is 13.1 Å². The number of carbonyl (C=O) groups excluding carboxylic acids is 1. The highest BCUT2D eigenvalue weighted by Gasteiger charge is 2.49. The topological polar surface area (TPSA) is 53.3 Å². The van der Waals surface area contributed by atoms with Crippen molar-refractivity contribution in [1.29, 1.82) is 5.26 Å². The summed E-state index contributed by atoms with van der Waals surface area (Å²) in [6.07, 6.45) is 0.707. The Balaban J connectivity index is 1.90. The fourth-order valence-electron chi connectivity index (χ4n) is 2.53. The second kappa shape index (κ2) is 3.65. The Morgan fingerprint density at radius 1 is 1.44 bits per heavy atom. The van der Waals surface area contributed by atoms with Gasteiger partial charge in [-0.15, -0.1) is 0 Å². The Labute approximate surface area is 96.2 Å². The van der Waals surface area contributed by atoms with Gasteiger partial charge in [-0.25, -0.2) is 4.79 Å². The maximum absolute atomic E-state index is 11.8. The van der Waals surface area contributed by atoms with Gasteiger partial charge in [0.05, 0.1) is 12.0 Å². The molecular weight excluding hydrogens is 204 g/mol. The Kier molecular flexibility index (Phi) is 2.57. The number of likely N-dealkylation sites (tertiary alicyclic amines) is 1. The lowest BCUT2D eigenvalue weighted by atomic mass is 9.67. The first-order chi connectivity index (χ1) is 7.40. The number of ether oxygens (including phenoxy) is 1. The Hall–Kier alpha value is -1.24. The predicted octanol–water partition coefficient (Wildman–Crippen LogP) is 2.01. The van der Waals surface area contributed by atoms with Crippen molar-refractivity contribution in [3.05, 3.63) is 0 Å². The van der Waals surface area contributed by atoms with Crippen molar-refractivity contribution < 1.29 is 9.53 Å². The number of rotatable bonds is 0. The van der Waals surface area contributed by atoms with E-state index in [1.54, 1.807) is 4.90 Å². The van der Waals surface area contributed by atoms with Crippen molar-refractivity contribution in [2.75, 3.05) is 13.1 Å². The highest BCUT2D eigenvalue weighted by molar-refractivity contribution is 5.68. The highest BCUT2D eigenvalue weighted by atomic mass is 16.6. The summed E-state index contributed by atoms with van der Waals surface area (Å²) < 4.78 is 5.32. The molecule has 4 heteroatoms. The molecule has 1 amide bonds. The summed E-state index contributed by atoms with van der Waals surface area (Å²) in [6, 6.07) is 2.30. The van der Waals surface area contributed by atoms with Crippen molar-refractivity contribution in [1.82, 2.24) is 4.90 Å². The van der Waals surface area contributed by atoms with Crippen molar-refractivity contribution in [3.63, 3.8) is 0 Å². The van der Waals surface area contributed by atoms with Crippen molar-refractivity contribution >= 4 is 6.09 Å². The maximum Gasteiger partial charge on any atom is 0.410 e. The number of hydrogen-bond acceptors (Lipinski definition) is 3. The van der Waals surface area contributed by atoms with E-state index in [9.17, 15) is 4.79 Å². The van der Waals surface area contributed by atoms with Gasteiger partial charge in [0.1, 0.15) is 5.60 Å². The molecule has 0 spiro atoms. The second-order valence-corrected chi connectivity index (χ2v) is 5.78. The van der Waals surface area contributed by atoms with Gasteiger partial charge in [0.25, 0.3) is 0 Å². The zero-order valence-corrected chi connectivity index (χ0v) is 10.1. The van der Waals surface area contributed by atoms with E-state index in [1.165, 1.54) is 0 Å². The molecular formula is C12H18N2O2. The number of carbonyl (C=O) groups is 1. The molecule has 1 aliphatic carbocycles. The fraction of sp³-hybridized carbons (Fsp3) is 0.833. The smallest absolute Gasteiger partial charge is 0.410 e. The molecule has 0 N–H and O–H groups in total. The molecule has 1 aliphatic heterocycles. The summed E-state index contributed by atoms with van der Waals surface area (Å²) in [4.78, 5) is 13.5. The molecule has 0 radical (unpaired) electrons. The van der Waals surface area contributed by atoms with Crippen LogP contribution in [0.4, 0.5) is 4.79 Å². The average Bonchev–Trinajstić information content (AvgIpc) is 2.43. The third kappa shape index (κ3) is 1.99. The van der Waals surface area contributed by atoms with Crippen LogP contribution in [0.3, 0.4) is 0 Å². The number of nitriles is 1. The van der Waals surface area contributed by atoms with E-state index in [1.807, 2.05) is 20.8 Å². The Bertz CT molecular complexity index is 340. The summed E-state index contributed by atoms with van der Waals surface area (Å²) in [5.74, 6) is 1.06. The highest BCUT2D eigenvalue weighted by Crippen LogP contribution is 2.45. The summed E-state index contributed by atoms with van der Waals surface area (Å²) in [5, 5.41) is 8.86. The molecule has 1 heterocycles. The van der Waals surface area contributed by atoms with Crippen molar-refractivity contribution in [2.45, 2.75) is 32.8 Å². The van der Waals surface area contributed by atoms with Gasteiger partial charge in [-0.2, -0.15) is 5.26 Å². The summed E-state index contributed by atoms with van der Waals surface area (Å²) in [5.41, 5.74) is -0.437. The summed E-state index contributed by atoms with van der Waals surface area (Å²) in [7, 11) is 0. The molecule has 2 rings (SSSR count). The van der Waals surface area contributed by atoms with E-state index >= 15 is 0 Å². The molecule has 1 saturated carbocycles. The van der Waals surface area contributed by atoms with Gasteiger partial charge in [-0.3, -0.25) is 0 Å². The first-order valence-electron chi connectivity index (χ1n) is 5.78. The van der Waals surface area contributed by atoms with E-state index in [4.69, 9.17) is 10.00 Å². The number of amides is 1. The zero-order valence-electron chi connectivity index (χ0n) is 10.1. The Morgan fingerprint density at radius 2 is 2.12 bits per heavy atom. The van der Waals surface area contributed by atoms with Crippen LogP contribution < -0.4 is 0 Å². The monoisotopic (exact) mass is 222 g/mol. The normalized spacial score (nSPS) is 32.6. The lowest BCUT2D eigenvalue weighted by Crippen LogP contribution is -2.35. The Morgan fingerprint density at radius 3 is 2.69 bits per heavy atom. The molecule has 0 aromatic heterocycles. The largest absolute Gasteiger partial charge is 0.444 e. The summed E-state index contributed by atoms with van der Waals surface area (Å²) in [6.45, 7) is 7.06. The quantitative estimate of drug-likeness (QED) is 0.630. The van der Waals surface area contributed by atoms with Crippen LogP contribution in [0, 0.1) is 29.1 Å². The first kappa shape index (κ1) is 11.3. The molecule has 0 aromatic rings. The third-order valence-electron chi connectivity index (χ3n) is 3.38. The average molecular weight is 222 g/mol. The minimum Gasteiger partial charge on any atom is -0.444 e. The molecule has 0 bridgehead atoms. The fourth-order valence-corrected chi connectivity index (χ4v) is 2.53. The first-order valence-corrected chi connectivity index (χ1v) is 5.78. The van der Waals surface area contributed by atoms with Crippen LogP contribution in [0.1, 0.15) is 27.2 Å². The molecule has 16 heavy (non-hydrogen) atoms. The van der Waals surface area contributed by atoms with Gasteiger partial charge in [0.2, 0.25) is 0 Å². The molecule has 2 fully saturated rings. The van der Waals surface area contributed by atoms with E-state index in [2.05, 4.69) is 6.07 Å². The van der Waals surface area contributed by atoms with Crippen LogP contribution in [0.5, 0.6) is 0 Å². The molecule has 88 valence electrons. The maximum atomic E-state index is 11.8. The number of nitrogens with zero attached hydrogens (tertiary/aromatic N) is 2. The van der Waals surface area contributed by atoms with Gasteiger partial charge in [-0.1, -0.05) is 0 Å². The number of fused-ring (bicyclic) bond motifs is 1. The molecule has 3 unspecified atom stereocenters. The van der Waals surface area contributed by atoms with Crippen LogP contribution in [0.2, 0.25) is 0 Å². The molecule has 2 aliphatic rings. The predicted molar refractivity (Wildman–Crippen MR) is 58.5 cm³/mol. The van der Waals surface area contributed by atoms with Crippen molar-refractivity contribution in [3.8, 4) is 6.07 Å². The van der Waals surface area contributed by atoms with Crippen LogP contribution in [0.15, 0.2) is 0 Å². The van der Waals surface area contributed by atoms with E-state index in [0.717, 1.165) is 13.0 Å². The summed E-state index contributed by atoms with van der Waals surface area (Å²) >= 11 is 0. The molecule has 0 aromatic carbocycles. The lowest BCUT2D eigenvalue weighted by molar-refractivity contribution is 0.0287. The minimum absolute atomic E-state index is 0.150. The van der Waals surface area contributed by atoms with Crippen LogP contribution in [-0.4, -0.2) is 29.7 Å². The standard InChI is InChI=1S/C12H18N2O2/c1-12(2,3)16-11(15)14-6-9-4-8(5-13)10(9)7-14/h8-10H,4,6-7H2,1-3H3. The zero-order chi connectivity index (χ0) is 11.9. The second-order valence-electron chi connectivity index (χ2n) is 5.78. The van der Waals surface area contributed by atoms with E-state index in [-0.39, 0.29) is 12.0 Å². The van der Waals surface area contributed by atoms with Gasteiger partial charge in [-0.05, 0) is 39.0 Å². The molecule has 1 saturated heterocycles. The van der Waals surface area contributed by atoms with Crippen LogP contribution >= 0.6 is 0 Å². The van der Waals surface area contributed by atoms with Crippen molar-refractivity contribution in [2.24, 2.45) is 17.8 Å². The lowest BCUT2D eigenvalue weighted by Gasteiger charge is -2.33. The van der Waals surface area contributed by atoms with E-state index in [0.29, 0.717) is 18.4 Å². The third-order valence-corrected chi connectivity index (χ3v) is 3.38. The minimum atomic E-state index is -0.437. The van der Waals surface area contributed by atoms with E-state index < -0.39 is 5.60 Å². The molecule has 3 atom stereocenters. The van der Waals surface area contributed by atoms with Gasteiger partial charge < -0.3 is 9.64 Å². The van der Waals surface area contributed by atoms with Crippen LogP contribution in [0.25, 0.3) is 0 Å². The SMILES string of the molecule is CC(C)(C)OC(=O)N1CC2CC(C#N)C2C1. The van der Waals surface area contributed by atoms with Gasteiger partial charge >= 0.3 is 6.09 Å². The molecule has 4 nitrogen and oxygen atoms in total. The van der Waals surface area contributed by atoms with Crippen LogP contribution in [-0.2, 0) is 4.74 Å². The number of hydrogen-bond donors (Lipinski definition) is 0. The van der Waals surface area contributed by atoms with Gasteiger partial charge in [0.15, 0.2) is 0 Å².